The molecule has 2 aromatic rings. The second kappa shape index (κ2) is 12.9. The molecule has 0 fully saturated rings. The van der Waals surface area contributed by atoms with Gasteiger partial charge in [-0.2, -0.15) is 0 Å². The average Bonchev–Trinajstić information content (AvgIpc) is 2.85. The standard InChI is InChI=1S/C26H28O7/c1-30-23-13-9-18(16-25(23)32-3)7-11-21(28)20(6-5-15-27)22(29)12-8-19-10-14-24(31-2)26(17-19)33-4/h5-14,16-17,20,27H,15H2,1-4H3/b6-5+,11-7+,12-8+. The van der Waals surface area contributed by atoms with Gasteiger partial charge in [0.1, 0.15) is 5.92 Å². The molecule has 7 nitrogen and oxygen atoms in total. The number of aliphatic hydroxyl groups excluding tert-OH is 1. The van der Waals surface area contributed by atoms with E-state index in [-0.39, 0.29) is 6.61 Å². The van der Waals surface area contributed by atoms with Crippen LogP contribution in [0.15, 0.2) is 60.7 Å². The molecule has 2 rings (SSSR count). The molecule has 0 aliphatic heterocycles. The molecule has 33 heavy (non-hydrogen) atoms. The van der Waals surface area contributed by atoms with Crippen LogP contribution in [-0.2, 0) is 9.59 Å². The van der Waals surface area contributed by atoms with Crippen LogP contribution in [-0.4, -0.2) is 51.7 Å². The Kier molecular flexibility index (Phi) is 9.92. The molecular formula is C26H28O7. The van der Waals surface area contributed by atoms with Crippen LogP contribution in [0.1, 0.15) is 11.1 Å². The largest absolute Gasteiger partial charge is 0.493 e. The minimum atomic E-state index is -1.06. The molecule has 0 heterocycles. The highest BCUT2D eigenvalue weighted by atomic mass is 16.5. The summed E-state index contributed by atoms with van der Waals surface area (Å²) in [4.78, 5) is 25.5. The van der Waals surface area contributed by atoms with E-state index in [2.05, 4.69) is 0 Å². The molecule has 2 aromatic carbocycles. The average molecular weight is 453 g/mol. The van der Waals surface area contributed by atoms with Crippen LogP contribution in [0.2, 0.25) is 0 Å². The summed E-state index contributed by atoms with van der Waals surface area (Å²) in [5, 5.41) is 9.11. The molecule has 0 aliphatic rings. The van der Waals surface area contributed by atoms with Crippen LogP contribution in [0.3, 0.4) is 0 Å². The first-order valence-corrected chi connectivity index (χ1v) is 10.1. The lowest BCUT2D eigenvalue weighted by atomic mass is 9.96. The van der Waals surface area contributed by atoms with E-state index in [1.54, 1.807) is 48.6 Å². The predicted octanol–water partition coefficient (Wildman–Crippen LogP) is 3.75. The van der Waals surface area contributed by atoms with Gasteiger partial charge in [-0.1, -0.05) is 36.4 Å². The zero-order valence-corrected chi connectivity index (χ0v) is 19.1. The van der Waals surface area contributed by atoms with Crippen LogP contribution in [0.4, 0.5) is 0 Å². The normalized spacial score (nSPS) is 11.5. The number of rotatable bonds is 12. The number of ketones is 2. The minimum Gasteiger partial charge on any atom is -0.493 e. The molecule has 7 heteroatoms. The summed E-state index contributed by atoms with van der Waals surface area (Å²) in [5.74, 6) is 0.286. The molecule has 1 N–H and O–H groups in total. The Bertz CT molecular complexity index is 973. The van der Waals surface area contributed by atoms with E-state index in [0.29, 0.717) is 34.1 Å². The molecule has 0 amide bonds. The highest BCUT2D eigenvalue weighted by molar-refractivity contribution is 6.15. The summed E-state index contributed by atoms with van der Waals surface area (Å²) >= 11 is 0. The zero-order chi connectivity index (χ0) is 24.2. The Balaban J connectivity index is 2.21. The highest BCUT2D eigenvalue weighted by Gasteiger charge is 2.19. The summed E-state index contributed by atoms with van der Waals surface area (Å²) in [6.07, 6.45) is 8.61. The third-order valence-electron chi connectivity index (χ3n) is 4.74. The molecule has 174 valence electrons. The molecule has 0 atom stereocenters. The Morgan fingerprint density at radius 3 is 1.55 bits per heavy atom. The zero-order valence-electron chi connectivity index (χ0n) is 19.1. The number of benzene rings is 2. The lowest BCUT2D eigenvalue weighted by Crippen LogP contribution is -2.19. The van der Waals surface area contributed by atoms with Crippen LogP contribution in [0.25, 0.3) is 12.2 Å². The van der Waals surface area contributed by atoms with Gasteiger partial charge in [-0.15, -0.1) is 0 Å². The summed E-state index contributed by atoms with van der Waals surface area (Å²) in [6, 6.07) is 10.4. The fourth-order valence-electron chi connectivity index (χ4n) is 3.00. The smallest absolute Gasteiger partial charge is 0.170 e. The van der Waals surface area contributed by atoms with Crippen LogP contribution < -0.4 is 18.9 Å². The molecule has 0 saturated carbocycles. The van der Waals surface area contributed by atoms with E-state index in [1.807, 2.05) is 0 Å². The van der Waals surface area contributed by atoms with E-state index in [1.165, 1.54) is 52.7 Å². The number of allylic oxidation sites excluding steroid dienone is 3. The van der Waals surface area contributed by atoms with Gasteiger partial charge in [0.05, 0.1) is 35.0 Å². The van der Waals surface area contributed by atoms with Crippen molar-refractivity contribution in [1.82, 2.24) is 0 Å². The highest BCUT2D eigenvalue weighted by Crippen LogP contribution is 2.29. The number of carbonyl (C=O) groups is 2. The second-order valence-corrected chi connectivity index (χ2v) is 6.79. The van der Waals surface area contributed by atoms with Gasteiger partial charge >= 0.3 is 0 Å². The SMILES string of the molecule is COc1ccc(/C=C/C(=O)C(/C=C/CO)C(=O)/C=C/c2ccc(OC)c(OC)c2)cc1OC. The third-order valence-corrected chi connectivity index (χ3v) is 4.74. The number of ether oxygens (including phenoxy) is 4. The van der Waals surface area contributed by atoms with Gasteiger partial charge in [-0.25, -0.2) is 0 Å². The van der Waals surface area contributed by atoms with Crippen LogP contribution in [0.5, 0.6) is 23.0 Å². The van der Waals surface area contributed by atoms with E-state index >= 15 is 0 Å². The first kappa shape index (κ1) is 25.4. The molecule has 0 aliphatic carbocycles. The first-order chi connectivity index (χ1) is 16.0. The Labute approximate surface area is 193 Å². The predicted molar refractivity (Wildman–Crippen MR) is 127 cm³/mol. The molecule has 0 spiro atoms. The van der Waals surface area contributed by atoms with Gasteiger partial charge < -0.3 is 24.1 Å². The van der Waals surface area contributed by atoms with Gasteiger partial charge in [0.2, 0.25) is 0 Å². The molecule has 0 saturated heterocycles. The van der Waals surface area contributed by atoms with E-state index < -0.39 is 17.5 Å². The molecule has 0 radical (unpaired) electrons. The molecular weight excluding hydrogens is 424 g/mol. The summed E-state index contributed by atoms with van der Waals surface area (Å²) < 4.78 is 20.9. The van der Waals surface area contributed by atoms with Crippen molar-refractivity contribution in [2.45, 2.75) is 0 Å². The van der Waals surface area contributed by atoms with Crippen molar-refractivity contribution < 1.29 is 33.6 Å². The molecule has 0 aromatic heterocycles. The molecule has 0 bridgehead atoms. The van der Waals surface area contributed by atoms with Gasteiger partial charge in [-0.3, -0.25) is 9.59 Å². The fraction of sp³-hybridized carbons (Fsp3) is 0.231. The topological polar surface area (TPSA) is 91.3 Å². The lowest BCUT2D eigenvalue weighted by molar-refractivity contribution is -0.125. The number of hydrogen-bond donors (Lipinski definition) is 1. The Morgan fingerprint density at radius 2 is 1.18 bits per heavy atom. The first-order valence-electron chi connectivity index (χ1n) is 10.1. The van der Waals surface area contributed by atoms with Gasteiger partial charge in [0.25, 0.3) is 0 Å². The minimum absolute atomic E-state index is 0.282. The van der Waals surface area contributed by atoms with Crippen molar-refractivity contribution in [2.24, 2.45) is 5.92 Å². The molecule has 0 unspecified atom stereocenters. The van der Waals surface area contributed by atoms with Crippen molar-refractivity contribution in [3.8, 4) is 23.0 Å². The maximum Gasteiger partial charge on any atom is 0.170 e. The third kappa shape index (κ3) is 7.08. The summed E-state index contributed by atoms with van der Waals surface area (Å²) in [5.41, 5.74) is 1.42. The number of aliphatic hydroxyl groups is 1. The summed E-state index contributed by atoms with van der Waals surface area (Å²) in [7, 11) is 6.12. The van der Waals surface area contributed by atoms with Gasteiger partial charge in [0, 0.05) is 0 Å². The van der Waals surface area contributed by atoms with Gasteiger partial charge in [-0.05, 0) is 47.5 Å². The van der Waals surface area contributed by atoms with Crippen molar-refractivity contribution >= 4 is 23.7 Å². The Hall–Kier alpha value is -3.84. The van der Waals surface area contributed by atoms with Crippen LogP contribution >= 0.6 is 0 Å². The Morgan fingerprint density at radius 1 is 0.758 bits per heavy atom. The number of hydrogen-bond acceptors (Lipinski definition) is 7. The van der Waals surface area contributed by atoms with E-state index in [9.17, 15) is 9.59 Å². The van der Waals surface area contributed by atoms with Crippen molar-refractivity contribution in [1.29, 1.82) is 0 Å². The monoisotopic (exact) mass is 452 g/mol. The quantitative estimate of drug-likeness (QED) is 0.298. The summed E-state index contributed by atoms with van der Waals surface area (Å²) in [6.45, 7) is -0.282. The van der Waals surface area contributed by atoms with E-state index in [0.717, 1.165) is 0 Å². The van der Waals surface area contributed by atoms with Crippen molar-refractivity contribution in [2.75, 3.05) is 35.0 Å². The number of carbonyl (C=O) groups excluding carboxylic acids is 2. The second-order valence-electron chi connectivity index (χ2n) is 6.79. The van der Waals surface area contributed by atoms with Crippen molar-refractivity contribution in [3.63, 3.8) is 0 Å². The number of methoxy groups -OCH3 is 4. The van der Waals surface area contributed by atoms with E-state index in [4.69, 9.17) is 24.1 Å². The van der Waals surface area contributed by atoms with Crippen molar-refractivity contribution in [3.05, 3.63) is 71.8 Å². The maximum atomic E-state index is 12.8. The lowest BCUT2D eigenvalue weighted by Gasteiger charge is -2.09. The fourth-order valence-corrected chi connectivity index (χ4v) is 3.00. The van der Waals surface area contributed by atoms with Gasteiger partial charge in [0.15, 0.2) is 34.6 Å². The van der Waals surface area contributed by atoms with Crippen LogP contribution in [0, 0.1) is 5.92 Å². The maximum absolute atomic E-state index is 12.8.